The van der Waals surface area contributed by atoms with Crippen molar-refractivity contribution in [3.8, 4) is 0 Å². The van der Waals surface area contributed by atoms with E-state index in [1.165, 1.54) is 6.92 Å². The molecule has 0 saturated carbocycles. The van der Waals surface area contributed by atoms with Crippen LogP contribution in [0.4, 0.5) is 74.6 Å². The Hall–Kier alpha value is -1.98. The van der Waals surface area contributed by atoms with Crippen LogP contribution in [0.25, 0.3) is 0 Å². The molecule has 0 rings (SSSR count). The van der Waals surface area contributed by atoms with Crippen LogP contribution in [0.15, 0.2) is 12.7 Å². The van der Waals surface area contributed by atoms with Crippen molar-refractivity contribution in [3.63, 3.8) is 0 Å². The van der Waals surface area contributed by atoms with Crippen LogP contribution >= 0.6 is 0 Å². The van der Waals surface area contributed by atoms with E-state index in [1.54, 1.807) is 0 Å². The lowest BCUT2D eigenvalue weighted by molar-refractivity contribution is -0.461. The predicted molar refractivity (Wildman–Crippen MR) is 87.0 cm³/mol. The highest BCUT2D eigenvalue weighted by Crippen LogP contribution is 2.64. The van der Waals surface area contributed by atoms with Crippen molar-refractivity contribution in [2.45, 2.75) is 73.8 Å². The summed E-state index contributed by atoms with van der Waals surface area (Å²) in [4.78, 5) is 11.8. The minimum absolute atomic E-state index is 0.00943. The Morgan fingerprint density at radius 2 is 1.00 bits per heavy atom. The molecular weight excluding hydrogens is 557 g/mol. The van der Waals surface area contributed by atoms with E-state index in [9.17, 15) is 79.4 Å². The van der Waals surface area contributed by atoms with E-state index < -0.39 is 73.1 Å². The molecule has 0 aromatic heterocycles. The normalized spacial score (nSPS) is 15.2. The van der Waals surface area contributed by atoms with E-state index in [1.807, 2.05) is 0 Å². The maximum absolute atomic E-state index is 13.9. The van der Waals surface area contributed by atoms with Gasteiger partial charge in [0.05, 0.1) is 0 Å². The minimum Gasteiger partial charge on any atom is -0.339 e. The zero-order valence-electron chi connectivity index (χ0n) is 17.6. The van der Waals surface area contributed by atoms with Gasteiger partial charge in [-0.05, 0) is 12.5 Å². The van der Waals surface area contributed by atoms with Crippen molar-refractivity contribution in [3.05, 3.63) is 12.7 Å². The van der Waals surface area contributed by atoms with Crippen LogP contribution in [0.5, 0.6) is 0 Å². The molecule has 36 heavy (non-hydrogen) atoms. The number of amides is 1. The van der Waals surface area contributed by atoms with Crippen molar-refractivity contribution in [2.24, 2.45) is 0 Å². The van der Waals surface area contributed by atoms with Gasteiger partial charge in [-0.2, -0.15) is 74.6 Å². The first-order valence-corrected chi connectivity index (χ1v) is 9.28. The summed E-state index contributed by atoms with van der Waals surface area (Å²) in [6.07, 6.45) is -9.82. The average Bonchev–Trinajstić information content (AvgIpc) is 2.71. The van der Waals surface area contributed by atoms with Crippen LogP contribution in [0, 0.1) is 0 Å². The van der Waals surface area contributed by atoms with Gasteiger partial charge in [-0.15, -0.1) is 0 Å². The van der Waals surface area contributed by atoms with E-state index in [0.717, 1.165) is 0 Å². The lowest BCUT2D eigenvalue weighted by Crippen LogP contribution is -2.74. The Bertz CT molecular complexity index is 787. The maximum Gasteiger partial charge on any atom is 0.460 e. The van der Waals surface area contributed by atoms with E-state index in [0.29, 0.717) is 6.08 Å². The number of halogens is 17. The van der Waals surface area contributed by atoms with Gasteiger partial charge in [-0.1, -0.05) is 19.9 Å². The van der Waals surface area contributed by atoms with Gasteiger partial charge in [0.25, 0.3) is 0 Å². The molecule has 2 nitrogen and oxygen atoms in total. The second-order valence-corrected chi connectivity index (χ2v) is 7.28. The molecule has 0 aromatic carbocycles. The number of nitrogens with zero attached hydrogens (tertiary/aromatic N) is 1. The Morgan fingerprint density at radius 1 is 0.639 bits per heavy atom. The fraction of sp³-hybridized carbons (Fsp3) is 0.824. The summed E-state index contributed by atoms with van der Waals surface area (Å²) in [5.41, 5.74) is 0. The molecule has 0 aliphatic rings. The van der Waals surface area contributed by atoms with Gasteiger partial charge < -0.3 is 4.90 Å². The number of hydrogen-bond donors (Lipinski definition) is 0. The van der Waals surface area contributed by atoms with Crippen LogP contribution in [-0.2, 0) is 4.79 Å². The molecule has 1 amide bonds. The van der Waals surface area contributed by atoms with Gasteiger partial charge in [0.2, 0.25) is 5.91 Å². The van der Waals surface area contributed by atoms with E-state index >= 15 is 0 Å². The molecule has 19 heteroatoms. The van der Waals surface area contributed by atoms with Gasteiger partial charge in [-0.25, -0.2) is 0 Å². The second kappa shape index (κ2) is 10.1. The van der Waals surface area contributed by atoms with Gasteiger partial charge in [0.15, 0.2) is 0 Å². The van der Waals surface area contributed by atoms with Crippen molar-refractivity contribution in [1.29, 1.82) is 0 Å². The first kappa shape index (κ1) is 34.0. The third-order valence-corrected chi connectivity index (χ3v) is 4.75. The minimum atomic E-state index is -8.66. The first-order chi connectivity index (χ1) is 15.7. The molecule has 0 fully saturated rings. The third-order valence-electron chi connectivity index (χ3n) is 4.75. The molecule has 0 unspecified atom stereocenters. The zero-order chi connectivity index (χ0) is 29.4. The van der Waals surface area contributed by atoms with Gasteiger partial charge in [0.1, 0.15) is 0 Å². The van der Waals surface area contributed by atoms with Crippen LogP contribution in [-0.4, -0.2) is 71.5 Å². The molecule has 0 saturated heterocycles. The Balaban J connectivity index is 6.44. The van der Waals surface area contributed by atoms with Crippen molar-refractivity contribution < 1.29 is 79.4 Å². The molecule has 0 aromatic rings. The summed E-state index contributed by atoms with van der Waals surface area (Å²) in [5.74, 6) is -57.9. The first-order valence-electron chi connectivity index (χ1n) is 9.28. The van der Waals surface area contributed by atoms with Gasteiger partial charge >= 0.3 is 47.6 Å². The Morgan fingerprint density at radius 3 is 1.33 bits per heavy atom. The number of carbonyl (C=O) groups is 1. The van der Waals surface area contributed by atoms with Crippen molar-refractivity contribution in [1.82, 2.24) is 4.90 Å². The number of carbonyl (C=O) groups excluding carboxylic acids is 1. The monoisotopic (exact) mass is 573 g/mol. The molecule has 0 atom stereocenters. The number of alkyl halides is 17. The van der Waals surface area contributed by atoms with Crippen LogP contribution in [0.3, 0.4) is 0 Å². The van der Waals surface area contributed by atoms with Crippen LogP contribution < -0.4 is 0 Å². The molecule has 214 valence electrons. The molecule has 0 aliphatic heterocycles. The SMILES string of the molecule is C=CC(=O)N(CCCC)CCC(F)(F)C(F)(F)C(F)(F)C(F)(F)C(F)(F)C(F)(F)C(F)(F)C(F)(F)F. The quantitative estimate of drug-likeness (QED) is 0.169. The third kappa shape index (κ3) is 5.19. The lowest BCUT2D eigenvalue weighted by Gasteiger charge is -2.43. The number of unbranched alkanes of at least 4 members (excludes halogenated alkanes) is 1. The summed E-state index contributed by atoms with van der Waals surface area (Å²) in [6, 6.07) is 0. The highest BCUT2D eigenvalue weighted by molar-refractivity contribution is 5.86. The summed E-state index contributed by atoms with van der Waals surface area (Å²) in [7, 11) is 0. The summed E-state index contributed by atoms with van der Waals surface area (Å²) in [5, 5.41) is 0. The number of hydrogen-bond acceptors (Lipinski definition) is 1. The molecular formula is C17H16F17NO. The summed E-state index contributed by atoms with van der Waals surface area (Å²) >= 11 is 0. The van der Waals surface area contributed by atoms with Gasteiger partial charge in [-0.3, -0.25) is 4.79 Å². The van der Waals surface area contributed by atoms with E-state index in [-0.39, 0.29) is 17.7 Å². The summed E-state index contributed by atoms with van der Waals surface area (Å²) in [6.45, 7) is 2.23. The molecule has 0 spiro atoms. The Labute approximate surface area is 191 Å². The molecule has 0 aliphatic carbocycles. The highest BCUT2D eigenvalue weighted by atomic mass is 19.4. The predicted octanol–water partition coefficient (Wildman–Crippen LogP) is 7.20. The fourth-order valence-corrected chi connectivity index (χ4v) is 2.44. The molecule has 0 bridgehead atoms. The second-order valence-electron chi connectivity index (χ2n) is 7.28. The van der Waals surface area contributed by atoms with Crippen LogP contribution in [0.2, 0.25) is 0 Å². The lowest BCUT2D eigenvalue weighted by atomic mass is 9.88. The van der Waals surface area contributed by atoms with E-state index in [2.05, 4.69) is 6.58 Å². The molecule has 0 N–H and O–H groups in total. The van der Waals surface area contributed by atoms with Crippen molar-refractivity contribution >= 4 is 5.91 Å². The standard InChI is InChI=1S/C17H16F17NO/c1-3-5-7-35(9(36)4-2)8-6-10(18,19)11(20,21)12(22,23)13(24,25)14(26,27)15(28,29)16(30,31)17(32,33)34/h4H,2-3,5-8H2,1H3. The molecule has 0 heterocycles. The highest BCUT2D eigenvalue weighted by Gasteiger charge is 2.95. The smallest absolute Gasteiger partial charge is 0.339 e. The van der Waals surface area contributed by atoms with Crippen molar-refractivity contribution in [2.75, 3.05) is 13.1 Å². The largest absolute Gasteiger partial charge is 0.460 e. The topological polar surface area (TPSA) is 20.3 Å². The fourth-order valence-electron chi connectivity index (χ4n) is 2.44. The Kier molecular flexibility index (Phi) is 9.50. The van der Waals surface area contributed by atoms with Crippen LogP contribution in [0.1, 0.15) is 26.2 Å². The maximum atomic E-state index is 13.9. The van der Waals surface area contributed by atoms with E-state index in [4.69, 9.17) is 0 Å². The summed E-state index contributed by atoms with van der Waals surface area (Å²) < 4.78 is 225. The number of rotatable bonds is 13. The average molecular weight is 573 g/mol. The van der Waals surface area contributed by atoms with Gasteiger partial charge in [0, 0.05) is 19.5 Å². The zero-order valence-corrected chi connectivity index (χ0v) is 17.6. The molecule has 0 radical (unpaired) electrons.